The summed E-state index contributed by atoms with van der Waals surface area (Å²) in [5, 5.41) is 19.4. The average molecular weight is 488 g/mol. The number of alkyl halides is 3. The molecule has 0 aliphatic heterocycles. The first-order valence-corrected chi connectivity index (χ1v) is 10.4. The van der Waals surface area contributed by atoms with E-state index in [1.54, 1.807) is 0 Å². The second-order valence-corrected chi connectivity index (χ2v) is 8.26. The summed E-state index contributed by atoms with van der Waals surface area (Å²) in [7, 11) is -4.92. The highest BCUT2D eigenvalue weighted by Gasteiger charge is 2.50. The topological polar surface area (TPSA) is 150 Å². The van der Waals surface area contributed by atoms with Crippen LogP contribution in [0.2, 0.25) is 0 Å². The summed E-state index contributed by atoms with van der Waals surface area (Å²) in [5.74, 6) is -5.30. The van der Waals surface area contributed by atoms with Crippen molar-refractivity contribution >= 4 is 20.0 Å². The molecule has 32 heavy (non-hydrogen) atoms. The molecule has 178 valence electrons. The van der Waals surface area contributed by atoms with E-state index >= 15 is 0 Å². The number of hydrogen-bond donors (Lipinski definition) is 4. The van der Waals surface area contributed by atoms with Gasteiger partial charge in [0.2, 0.25) is 0 Å². The molecular weight excluding hydrogens is 470 g/mol. The van der Waals surface area contributed by atoms with Crippen molar-refractivity contribution in [2.45, 2.75) is 38.6 Å². The Bertz CT molecular complexity index is 988. The molecule has 1 aromatic heterocycles. The minimum Gasteiger partial charge on any atom is -0.505 e. The third kappa shape index (κ3) is 6.31. The molecule has 9 nitrogen and oxygen atoms in total. The minimum atomic E-state index is -5.41. The first-order chi connectivity index (χ1) is 14.6. The van der Waals surface area contributed by atoms with E-state index in [1.807, 2.05) is 0 Å². The van der Waals surface area contributed by atoms with Crippen LogP contribution in [0, 0.1) is 18.8 Å². The summed E-state index contributed by atoms with van der Waals surface area (Å²) in [6, 6.07) is -1.52. The second-order valence-electron chi connectivity index (χ2n) is 7.03. The summed E-state index contributed by atoms with van der Waals surface area (Å²) in [6.07, 6.45) is -7.70. The van der Waals surface area contributed by atoms with Crippen molar-refractivity contribution in [1.29, 1.82) is 0 Å². The first-order valence-electron chi connectivity index (χ1n) is 8.87. The molecule has 1 aliphatic carbocycles. The van der Waals surface area contributed by atoms with Crippen LogP contribution in [0.15, 0.2) is 22.8 Å². The number of aryl methyl sites for hydroxylation is 1. The minimum absolute atomic E-state index is 0.0310. The van der Waals surface area contributed by atoms with Gasteiger partial charge in [0.25, 0.3) is 6.08 Å². The molecule has 1 heterocycles. The van der Waals surface area contributed by atoms with E-state index in [-0.39, 0.29) is 16.8 Å². The van der Waals surface area contributed by atoms with Gasteiger partial charge in [-0.15, -0.1) is 0 Å². The molecule has 1 fully saturated rings. The Kier molecular flexibility index (Phi) is 7.76. The van der Waals surface area contributed by atoms with Crippen molar-refractivity contribution in [1.82, 2.24) is 4.98 Å². The molecule has 1 unspecified atom stereocenters. The van der Waals surface area contributed by atoms with Crippen molar-refractivity contribution in [2.24, 2.45) is 16.8 Å². The highest BCUT2D eigenvalue weighted by atomic mass is 31.2. The first kappa shape index (κ1) is 25.8. The van der Waals surface area contributed by atoms with Crippen molar-refractivity contribution < 1.29 is 55.8 Å². The second kappa shape index (κ2) is 9.61. The molecule has 0 saturated heterocycles. The van der Waals surface area contributed by atoms with Crippen LogP contribution in [0.1, 0.15) is 29.7 Å². The Labute approximate surface area is 177 Å². The van der Waals surface area contributed by atoms with Crippen LogP contribution in [-0.2, 0) is 20.5 Å². The van der Waals surface area contributed by atoms with Crippen LogP contribution < -0.4 is 0 Å². The van der Waals surface area contributed by atoms with Gasteiger partial charge in [-0.05, 0) is 19.8 Å². The number of phosphoric ester groups is 1. The van der Waals surface area contributed by atoms with Crippen molar-refractivity contribution in [3.8, 4) is 5.75 Å². The predicted octanol–water partition coefficient (Wildman–Crippen LogP) is 3.32. The Morgan fingerprint density at radius 3 is 2.47 bits per heavy atom. The van der Waals surface area contributed by atoms with Crippen LogP contribution in [0.4, 0.5) is 22.0 Å². The quantitative estimate of drug-likeness (QED) is 0.259. The lowest BCUT2D eigenvalue weighted by molar-refractivity contribution is -0.141. The van der Waals surface area contributed by atoms with Gasteiger partial charge in [0.1, 0.15) is 11.3 Å². The summed E-state index contributed by atoms with van der Waals surface area (Å²) in [6.45, 7) is 0.590. The number of phosphoric acid groups is 1. The lowest BCUT2D eigenvalue weighted by Gasteiger charge is -2.21. The molecule has 3 atom stereocenters. The van der Waals surface area contributed by atoms with Crippen LogP contribution >= 0.6 is 7.82 Å². The Balaban J connectivity index is 2.47. The summed E-state index contributed by atoms with van der Waals surface area (Å²) < 4.78 is 81.1. The fourth-order valence-electron chi connectivity index (χ4n) is 3.39. The maximum atomic E-state index is 13.2. The lowest BCUT2D eigenvalue weighted by Crippen LogP contribution is -2.26. The van der Waals surface area contributed by atoms with E-state index in [0.717, 1.165) is 12.4 Å². The van der Waals surface area contributed by atoms with Crippen LogP contribution in [-0.4, -0.2) is 49.4 Å². The Hall–Kier alpha value is -2.41. The molecule has 0 radical (unpaired) electrons. The third-order valence-corrected chi connectivity index (χ3v) is 5.36. The zero-order valence-corrected chi connectivity index (χ0v) is 17.1. The van der Waals surface area contributed by atoms with Gasteiger partial charge in [0.15, 0.2) is 0 Å². The van der Waals surface area contributed by atoms with E-state index in [4.69, 9.17) is 14.9 Å². The van der Waals surface area contributed by atoms with Gasteiger partial charge >= 0.3 is 20.0 Å². The number of halogens is 5. The number of carbonyl (C=O) groups is 1. The number of aromatic nitrogens is 1. The van der Waals surface area contributed by atoms with Crippen LogP contribution in [0.25, 0.3) is 0 Å². The monoisotopic (exact) mass is 488 g/mol. The molecular formula is C17H18F5N2O7P. The molecule has 0 spiro atoms. The highest BCUT2D eigenvalue weighted by molar-refractivity contribution is 7.46. The molecule has 4 N–H and O–H groups in total. The molecule has 0 amide bonds. The molecule has 0 bridgehead atoms. The number of rotatable bonds is 7. The maximum absolute atomic E-state index is 13.2. The van der Waals surface area contributed by atoms with Gasteiger partial charge in [0, 0.05) is 29.5 Å². The zero-order valence-electron chi connectivity index (χ0n) is 16.3. The number of aliphatic carboxylic acids is 1. The third-order valence-electron chi connectivity index (χ3n) is 4.90. The SMILES string of the molecule is Cc1ncc(COP(=O)(O)O)c(C=NC2C[C@@H](C(=O)O)C[C@H]2C(=C(F)F)C(F)(F)F)c1O. The maximum Gasteiger partial charge on any atom is 0.469 e. The van der Waals surface area contributed by atoms with Gasteiger partial charge in [-0.2, -0.15) is 22.0 Å². The Morgan fingerprint density at radius 2 is 1.97 bits per heavy atom. The van der Waals surface area contributed by atoms with E-state index in [0.29, 0.717) is 0 Å². The van der Waals surface area contributed by atoms with Gasteiger partial charge in [-0.3, -0.25) is 19.3 Å². The zero-order chi connectivity index (χ0) is 24.4. The summed E-state index contributed by atoms with van der Waals surface area (Å²) >= 11 is 0. The molecule has 15 heteroatoms. The van der Waals surface area contributed by atoms with Gasteiger partial charge in [0.05, 0.1) is 24.3 Å². The van der Waals surface area contributed by atoms with Crippen molar-refractivity contribution in [2.75, 3.05) is 0 Å². The van der Waals surface area contributed by atoms with Crippen molar-refractivity contribution in [3.05, 3.63) is 34.7 Å². The number of nitrogens with zero attached hydrogens (tertiary/aromatic N) is 2. The van der Waals surface area contributed by atoms with Crippen LogP contribution in [0.3, 0.4) is 0 Å². The summed E-state index contributed by atoms with van der Waals surface area (Å²) in [5.41, 5.74) is -2.46. The van der Waals surface area contributed by atoms with E-state index in [1.165, 1.54) is 6.92 Å². The molecule has 1 aliphatic rings. The average Bonchev–Trinajstić information content (AvgIpc) is 3.03. The number of aromatic hydroxyl groups is 1. The van der Waals surface area contributed by atoms with E-state index in [2.05, 4.69) is 14.5 Å². The smallest absolute Gasteiger partial charge is 0.469 e. The van der Waals surface area contributed by atoms with Crippen molar-refractivity contribution in [3.63, 3.8) is 0 Å². The fraction of sp³-hybridized carbons (Fsp3) is 0.471. The normalized spacial score (nSPS) is 21.8. The Morgan fingerprint density at radius 1 is 1.34 bits per heavy atom. The molecule has 1 saturated carbocycles. The number of hydrogen-bond acceptors (Lipinski definition) is 6. The van der Waals surface area contributed by atoms with E-state index < -0.39 is 74.7 Å². The number of carboxylic acid groups (broad SMARTS) is 1. The van der Waals surface area contributed by atoms with E-state index in [9.17, 15) is 36.4 Å². The number of carboxylic acids is 1. The predicted molar refractivity (Wildman–Crippen MR) is 98.0 cm³/mol. The highest BCUT2D eigenvalue weighted by Crippen LogP contribution is 2.46. The number of aliphatic imine (C=N–C) groups is 1. The van der Waals surface area contributed by atoms with Gasteiger partial charge < -0.3 is 20.0 Å². The largest absolute Gasteiger partial charge is 0.505 e. The molecule has 2 rings (SSSR count). The standard InChI is InChI=1S/C17H18F5N2O7P/c1-7-14(25)11(9(4-23-7)6-31-32(28,29)30)5-24-12-3-8(16(26)27)2-10(12)13(15(18)19)17(20,21)22/h4-5,8,10,12,25H,2-3,6H2,1H3,(H,26,27)(H2,28,29,30)/t8-,10+,12?/m0/s1. The lowest BCUT2D eigenvalue weighted by atomic mass is 9.93. The van der Waals surface area contributed by atoms with Crippen LogP contribution in [0.5, 0.6) is 5.75 Å². The number of pyridine rings is 1. The summed E-state index contributed by atoms with van der Waals surface area (Å²) in [4.78, 5) is 36.6. The molecule has 0 aromatic carbocycles. The molecule has 1 aromatic rings. The van der Waals surface area contributed by atoms with Gasteiger partial charge in [-0.25, -0.2) is 4.57 Å². The fourth-order valence-corrected chi connectivity index (χ4v) is 3.69. The van der Waals surface area contributed by atoms with Gasteiger partial charge in [-0.1, -0.05) is 0 Å².